The minimum Gasteiger partial charge on any atom is -0.529 e. The van der Waals surface area contributed by atoms with Crippen molar-refractivity contribution in [2.24, 2.45) is 0 Å². The summed E-state index contributed by atoms with van der Waals surface area (Å²) in [4.78, 5) is 25.5. The number of nitrogens with one attached hydrogen (secondary N) is 2. The fourth-order valence-corrected chi connectivity index (χ4v) is 6.43. The van der Waals surface area contributed by atoms with Gasteiger partial charge in [0, 0.05) is 11.4 Å². The molecule has 0 radical (unpaired) electrons. The lowest BCUT2D eigenvalue weighted by Gasteiger charge is -2.31. The van der Waals surface area contributed by atoms with E-state index in [2.05, 4.69) is 10.6 Å². The molecule has 0 atom stereocenters. The molecule has 0 bridgehead atoms. The molecule has 2 aromatic carbocycles. The quantitative estimate of drug-likeness (QED) is 0.670. The summed E-state index contributed by atoms with van der Waals surface area (Å²) >= 11 is 0. The van der Waals surface area contributed by atoms with Crippen LogP contribution in [-0.4, -0.2) is 19.5 Å². The Bertz CT molecular complexity index is 1030. The number of amides is 2. The summed E-state index contributed by atoms with van der Waals surface area (Å²) in [5.41, 5.74) is 3.13. The molecule has 6 nitrogen and oxygen atoms in total. The minimum atomic E-state index is -0.401. The van der Waals surface area contributed by atoms with Crippen LogP contribution in [0.5, 0.6) is 11.5 Å². The molecule has 2 aromatic rings. The van der Waals surface area contributed by atoms with Crippen LogP contribution in [0.3, 0.4) is 0 Å². The van der Waals surface area contributed by atoms with E-state index in [0.29, 0.717) is 11.5 Å². The Morgan fingerprint density at radius 1 is 0.636 bits per heavy atom. The molecule has 2 N–H and O–H groups in total. The maximum absolute atomic E-state index is 12.8. The van der Waals surface area contributed by atoms with Gasteiger partial charge < -0.3 is 19.9 Å². The van der Waals surface area contributed by atoms with E-state index in [1.165, 1.54) is 12.8 Å². The molecule has 2 aliphatic heterocycles. The third-order valence-electron chi connectivity index (χ3n) is 8.24. The van der Waals surface area contributed by atoms with E-state index in [1.807, 2.05) is 36.4 Å². The maximum Gasteiger partial charge on any atom is 0.576 e. The number of carbonyl (C=O) groups excluding carboxylic acids is 2. The monoisotopic (exact) mass is 444 g/mol. The molecular formula is C26H29BN2O4. The maximum atomic E-state index is 12.8. The van der Waals surface area contributed by atoms with Crippen LogP contribution in [0.15, 0.2) is 36.4 Å². The Morgan fingerprint density at radius 3 is 1.48 bits per heavy atom. The Balaban J connectivity index is 1.17. The van der Waals surface area contributed by atoms with Crippen molar-refractivity contribution >= 4 is 30.9 Å². The van der Waals surface area contributed by atoms with Crippen molar-refractivity contribution < 1.29 is 18.9 Å². The lowest BCUT2D eigenvalue weighted by Crippen LogP contribution is -2.36. The van der Waals surface area contributed by atoms with Gasteiger partial charge in [0.2, 0.25) is 11.8 Å². The molecule has 0 aromatic heterocycles. The van der Waals surface area contributed by atoms with Crippen molar-refractivity contribution in [2.75, 3.05) is 10.6 Å². The number of hydrogen-bond donors (Lipinski definition) is 2. The first-order valence-corrected chi connectivity index (χ1v) is 12.3. The standard InChI is InChI=1S/C26H29BN2O4/c30-23-25(11-3-1-4-12-25)19-15-17(7-9-21(19)28-23)32-27-33-18-8-10-22-20(16-18)26(24(31)29-22)13-5-2-6-14-26/h7-10,15-16,27H,1-6,11-14H2,(H,28,30)(H,29,31). The predicted molar refractivity (Wildman–Crippen MR) is 128 cm³/mol. The predicted octanol–water partition coefficient (Wildman–Crippen LogP) is 4.72. The molecule has 0 saturated heterocycles. The SMILES string of the molecule is O=C1Nc2ccc(OBOc3ccc4c(c3)C3(CCCCC3)C(=O)N4)cc2C12CCCCC2. The molecule has 2 spiro atoms. The lowest BCUT2D eigenvalue weighted by atomic mass is 9.70. The highest BCUT2D eigenvalue weighted by atomic mass is 16.6. The van der Waals surface area contributed by atoms with Gasteiger partial charge in [-0.1, -0.05) is 38.5 Å². The Hall–Kier alpha value is -2.96. The van der Waals surface area contributed by atoms with Crippen LogP contribution in [-0.2, 0) is 20.4 Å². The van der Waals surface area contributed by atoms with Gasteiger partial charge in [-0.05, 0) is 73.2 Å². The zero-order valence-corrected chi connectivity index (χ0v) is 18.9. The van der Waals surface area contributed by atoms with E-state index >= 15 is 0 Å². The first-order valence-electron chi connectivity index (χ1n) is 12.3. The molecule has 170 valence electrons. The van der Waals surface area contributed by atoms with E-state index in [4.69, 9.17) is 9.31 Å². The van der Waals surface area contributed by atoms with Gasteiger partial charge in [0.05, 0.1) is 10.8 Å². The van der Waals surface area contributed by atoms with Crippen LogP contribution < -0.4 is 19.9 Å². The highest BCUT2D eigenvalue weighted by Gasteiger charge is 2.48. The highest BCUT2D eigenvalue weighted by molar-refractivity contribution is 6.21. The van der Waals surface area contributed by atoms with Crippen molar-refractivity contribution in [3.05, 3.63) is 47.5 Å². The van der Waals surface area contributed by atoms with Gasteiger partial charge in [0.1, 0.15) is 11.5 Å². The fourth-order valence-electron chi connectivity index (χ4n) is 6.43. The number of hydrogen-bond acceptors (Lipinski definition) is 4. The fraction of sp³-hybridized carbons (Fsp3) is 0.462. The van der Waals surface area contributed by atoms with Crippen LogP contribution in [0.25, 0.3) is 0 Å². The molecule has 6 rings (SSSR count). The van der Waals surface area contributed by atoms with Crippen LogP contribution in [0, 0.1) is 0 Å². The van der Waals surface area contributed by atoms with E-state index in [-0.39, 0.29) is 19.5 Å². The Kier molecular flexibility index (Phi) is 4.89. The van der Waals surface area contributed by atoms with E-state index in [9.17, 15) is 9.59 Å². The van der Waals surface area contributed by atoms with Gasteiger partial charge in [0.15, 0.2) is 0 Å². The first kappa shape index (κ1) is 20.6. The van der Waals surface area contributed by atoms with Crippen LogP contribution in [0.2, 0.25) is 0 Å². The zero-order valence-electron chi connectivity index (χ0n) is 18.9. The number of carbonyl (C=O) groups is 2. The normalized spacial score (nSPS) is 21.8. The van der Waals surface area contributed by atoms with Crippen molar-refractivity contribution in [1.82, 2.24) is 0 Å². The van der Waals surface area contributed by atoms with Crippen molar-refractivity contribution in [1.29, 1.82) is 0 Å². The summed E-state index contributed by atoms with van der Waals surface area (Å²) in [6, 6.07) is 11.6. The van der Waals surface area contributed by atoms with Gasteiger partial charge in [-0.25, -0.2) is 0 Å². The van der Waals surface area contributed by atoms with Crippen molar-refractivity contribution in [3.8, 4) is 11.5 Å². The topological polar surface area (TPSA) is 76.7 Å². The largest absolute Gasteiger partial charge is 0.576 e. The van der Waals surface area contributed by atoms with Crippen molar-refractivity contribution in [3.63, 3.8) is 0 Å². The third kappa shape index (κ3) is 3.23. The van der Waals surface area contributed by atoms with E-state index in [0.717, 1.165) is 73.9 Å². The summed E-state index contributed by atoms with van der Waals surface area (Å²) in [7, 11) is 0.0698. The summed E-state index contributed by atoms with van der Waals surface area (Å²) in [5.74, 6) is 1.67. The first-order chi connectivity index (χ1) is 16.1. The highest BCUT2D eigenvalue weighted by Crippen LogP contribution is 2.49. The average molecular weight is 444 g/mol. The van der Waals surface area contributed by atoms with Crippen LogP contribution in [0.4, 0.5) is 11.4 Å². The van der Waals surface area contributed by atoms with Crippen molar-refractivity contribution in [2.45, 2.75) is 75.0 Å². The second kappa shape index (κ2) is 7.82. The van der Waals surface area contributed by atoms with Gasteiger partial charge in [0.25, 0.3) is 0 Å². The third-order valence-corrected chi connectivity index (χ3v) is 8.24. The minimum absolute atomic E-state index is 0.0698. The molecular weight excluding hydrogens is 415 g/mol. The molecule has 0 unspecified atom stereocenters. The smallest absolute Gasteiger partial charge is 0.529 e. The average Bonchev–Trinajstić information content (AvgIpc) is 3.25. The van der Waals surface area contributed by atoms with Crippen LogP contribution >= 0.6 is 0 Å². The van der Waals surface area contributed by atoms with Gasteiger partial charge in [-0.3, -0.25) is 9.59 Å². The van der Waals surface area contributed by atoms with Gasteiger partial charge in [-0.2, -0.15) is 0 Å². The molecule has 2 aliphatic carbocycles. The summed E-state index contributed by atoms with van der Waals surface area (Å²) in [6.07, 6.45) is 10.3. The lowest BCUT2D eigenvalue weighted by molar-refractivity contribution is -0.122. The van der Waals surface area contributed by atoms with E-state index in [1.54, 1.807) is 0 Å². The van der Waals surface area contributed by atoms with Gasteiger partial charge in [-0.15, -0.1) is 0 Å². The summed E-state index contributed by atoms with van der Waals surface area (Å²) < 4.78 is 11.9. The molecule has 4 aliphatic rings. The number of fused-ring (bicyclic) bond motifs is 4. The van der Waals surface area contributed by atoms with E-state index < -0.39 is 10.8 Å². The van der Waals surface area contributed by atoms with Crippen LogP contribution in [0.1, 0.15) is 75.3 Å². The second-order valence-electron chi connectivity index (χ2n) is 10.0. The summed E-state index contributed by atoms with van der Waals surface area (Å²) in [6.45, 7) is 0. The molecule has 7 heteroatoms. The van der Waals surface area contributed by atoms with Gasteiger partial charge >= 0.3 is 7.69 Å². The molecule has 2 heterocycles. The molecule has 2 saturated carbocycles. The Morgan fingerprint density at radius 2 is 1.06 bits per heavy atom. The number of rotatable bonds is 4. The number of anilines is 2. The zero-order chi connectivity index (χ0) is 22.5. The molecule has 2 amide bonds. The Labute approximate surface area is 194 Å². The summed E-state index contributed by atoms with van der Waals surface area (Å²) in [5, 5.41) is 6.13. The molecule has 33 heavy (non-hydrogen) atoms. The molecule has 2 fully saturated rings. The second-order valence-corrected chi connectivity index (χ2v) is 10.0. The number of benzene rings is 2.